The van der Waals surface area contributed by atoms with E-state index in [1.165, 1.54) is 12.1 Å². The highest BCUT2D eigenvalue weighted by Crippen LogP contribution is 2.36. The van der Waals surface area contributed by atoms with Gasteiger partial charge in [0.05, 0.1) is 6.61 Å². The van der Waals surface area contributed by atoms with E-state index in [4.69, 9.17) is 4.74 Å². The summed E-state index contributed by atoms with van der Waals surface area (Å²) >= 11 is 0. The lowest BCUT2D eigenvalue weighted by Crippen LogP contribution is -2.26. The highest BCUT2D eigenvalue weighted by molar-refractivity contribution is 5.83. The number of hydrogen-bond donors (Lipinski definition) is 2. The molecule has 1 aromatic heterocycles. The van der Waals surface area contributed by atoms with Crippen molar-refractivity contribution in [3.05, 3.63) is 83.9 Å². The van der Waals surface area contributed by atoms with E-state index in [1.807, 2.05) is 36.4 Å². The van der Waals surface area contributed by atoms with Gasteiger partial charge in [-0.25, -0.2) is 4.39 Å². The summed E-state index contributed by atoms with van der Waals surface area (Å²) in [7, 11) is 0. The van der Waals surface area contributed by atoms with Crippen molar-refractivity contribution < 1.29 is 14.3 Å². The van der Waals surface area contributed by atoms with E-state index in [2.05, 4.69) is 4.98 Å². The van der Waals surface area contributed by atoms with E-state index in [0.29, 0.717) is 6.61 Å². The number of aromatic amines is 1. The molecule has 2 aromatic carbocycles. The number of nitrogens with one attached hydrogen (secondary N) is 1. The second-order valence-corrected chi connectivity index (χ2v) is 5.86. The van der Waals surface area contributed by atoms with Crippen LogP contribution in [0, 0.1) is 5.82 Å². The molecule has 0 fully saturated rings. The Kier molecular flexibility index (Phi) is 3.80. The zero-order chi connectivity index (χ0) is 16.5. The quantitative estimate of drug-likeness (QED) is 0.758. The van der Waals surface area contributed by atoms with Gasteiger partial charge in [0, 0.05) is 28.9 Å². The van der Waals surface area contributed by atoms with Crippen LogP contribution >= 0.6 is 0 Å². The van der Waals surface area contributed by atoms with Crippen LogP contribution < -0.4 is 0 Å². The zero-order valence-electron chi connectivity index (χ0n) is 12.9. The topological polar surface area (TPSA) is 48.5 Å². The molecule has 5 heteroatoms. The van der Waals surface area contributed by atoms with Gasteiger partial charge in [-0.05, 0) is 29.8 Å². The molecule has 0 bridgehead atoms. The van der Waals surface area contributed by atoms with Crippen LogP contribution in [-0.4, -0.2) is 21.4 Å². The average molecular weight is 324 g/mol. The molecule has 0 saturated heterocycles. The molecule has 1 aliphatic heterocycles. The highest BCUT2D eigenvalue weighted by atomic mass is 19.1. The minimum atomic E-state index is -0.413. The summed E-state index contributed by atoms with van der Waals surface area (Å²) in [6.07, 6.45) is 4.87. The van der Waals surface area contributed by atoms with Crippen LogP contribution in [0.4, 0.5) is 4.39 Å². The Balaban J connectivity index is 1.61. The van der Waals surface area contributed by atoms with E-state index in [0.717, 1.165) is 27.1 Å². The minimum Gasteiger partial charge on any atom is -0.367 e. The lowest BCUT2D eigenvalue weighted by Gasteiger charge is -2.24. The van der Waals surface area contributed by atoms with Crippen LogP contribution in [0.15, 0.2) is 67.0 Å². The largest absolute Gasteiger partial charge is 0.367 e. The summed E-state index contributed by atoms with van der Waals surface area (Å²) in [5, 5.41) is 12.1. The van der Waals surface area contributed by atoms with Crippen LogP contribution in [0.2, 0.25) is 0 Å². The lowest BCUT2D eigenvalue weighted by molar-refractivity contribution is -0.106. The number of halogens is 1. The summed E-state index contributed by atoms with van der Waals surface area (Å²) in [4.78, 5) is 3.12. The molecule has 4 nitrogen and oxygen atoms in total. The second-order valence-electron chi connectivity index (χ2n) is 5.86. The van der Waals surface area contributed by atoms with Crippen LogP contribution in [-0.2, 0) is 11.3 Å². The first-order valence-corrected chi connectivity index (χ1v) is 7.80. The first-order valence-electron chi connectivity index (χ1n) is 7.80. The molecule has 24 heavy (non-hydrogen) atoms. The van der Waals surface area contributed by atoms with Gasteiger partial charge < -0.3 is 9.72 Å². The Hall–Kier alpha value is -2.63. The Labute approximate surface area is 138 Å². The molecule has 0 radical (unpaired) electrons. The van der Waals surface area contributed by atoms with Crippen molar-refractivity contribution in [2.24, 2.45) is 0 Å². The van der Waals surface area contributed by atoms with Gasteiger partial charge in [0.25, 0.3) is 0 Å². The van der Waals surface area contributed by atoms with E-state index in [1.54, 1.807) is 18.5 Å². The molecule has 2 atom stereocenters. The molecule has 0 aliphatic carbocycles. The summed E-state index contributed by atoms with van der Waals surface area (Å²) < 4.78 is 19.6. The molecule has 2 heterocycles. The highest BCUT2D eigenvalue weighted by Gasteiger charge is 2.33. The van der Waals surface area contributed by atoms with Gasteiger partial charge in [0.1, 0.15) is 18.0 Å². The van der Waals surface area contributed by atoms with Crippen molar-refractivity contribution >= 4 is 10.9 Å². The minimum absolute atomic E-state index is 0.305. The van der Waals surface area contributed by atoms with E-state index in [-0.39, 0.29) is 11.9 Å². The maximum absolute atomic E-state index is 13.6. The molecule has 1 aliphatic rings. The first-order chi connectivity index (χ1) is 11.7. The molecule has 2 unspecified atom stereocenters. The van der Waals surface area contributed by atoms with Crippen molar-refractivity contribution in [1.82, 2.24) is 10.0 Å². The van der Waals surface area contributed by atoms with Gasteiger partial charge in [-0.1, -0.05) is 30.3 Å². The summed E-state index contributed by atoms with van der Waals surface area (Å²) in [5.41, 5.74) is 2.69. The Morgan fingerprint density at radius 1 is 1.17 bits per heavy atom. The third-order valence-electron chi connectivity index (χ3n) is 4.30. The molecular weight excluding hydrogens is 307 g/mol. The summed E-state index contributed by atoms with van der Waals surface area (Å²) in [6.45, 7) is 0.441. The Morgan fingerprint density at radius 2 is 2.00 bits per heavy atom. The molecule has 4 rings (SSSR count). The molecular formula is C19H17FN2O2. The van der Waals surface area contributed by atoms with Crippen molar-refractivity contribution in [3.63, 3.8) is 0 Å². The van der Waals surface area contributed by atoms with Gasteiger partial charge in [-0.15, -0.1) is 0 Å². The van der Waals surface area contributed by atoms with Gasteiger partial charge in [-0.3, -0.25) is 10.3 Å². The molecule has 2 N–H and O–H groups in total. The van der Waals surface area contributed by atoms with Crippen molar-refractivity contribution in [2.75, 3.05) is 0 Å². The number of benzene rings is 2. The number of ether oxygens (including phenoxy) is 1. The second kappa shape index (κ2) is 6.11. The normalized spacial score (nSPS) is 20.2. The smallest absolute Gasteiger partial charge is 0.123 e. The molecule has 3 aromatic rings. The van der Waals surface area contributed by atoms with E-state index >= 15 is 0 Å². The first kappa shape index (κ1) is 14.9. The maximum Gasteiger partial charge on any atom is 0.123 e. The molecule has 0 spiro atoms. The van der Waals surface area contributed by atoms with Crippen LogP contribution in [0.3, 0.4) is 0 Å². The molecule has 0 amide bonds. The van der Waals surface area contributed by atoms with Gasteiger partial charge >= 0.3 is 0 Å². The summed E-state index contributed by atoms with van der Waals surface area (Å²) in [6, 6.07) is 14.0. The van der Waals surface area contributed by atoms with Gasteiger partial charge in [-0.2, -0.15) is 0 Å². The Morgan fingerprint density at radius 3 is 2.83 bits per heavy atom. The van der Waals surface area contributed by atoms with Crippen LogP contribution in [0.25, 0.3) is 10.9 Å². The van der Waals surface area contributed by atoms with Crippen molar-refractivity contribution in [1.29, 1.82) is 0 Å². The fraction of sp³-hybridized carbons (Fsp3) is 0.158. The SMILES string of the molecule is ON1C=CC(OCc2ccccc2)C1c1c[nH]c2ccc(F)cc12. The lowest BCUT2D eigenvalue weighted by atomic mass is 10.0. The van der Waals surface area contributed by atoms with E-state index < -0.39 is 6.04 Å². The van der Waals surface area contributed by atoms with Crippen molar-refractivity contribution in [2.45, 2.75) is 18.8 Å². The predicted octanol–water partition coefficient (Wildman–Crippen LogP) is 4.15. The third-order valence-corrected chi connectivity index (χ3v) is 4.30. The van der Waals surface area contributed by atoms with Gasteiger partial charge in [0.15, 0.2) is 0 Å². The number of fused-ring (bicyclic) bond motifs is 1. The third kappa shape index (κ3) is 2.68. The number of hydroxylamine groups is 2. The molecule has 0 saturated carbocycles. The van der Waals surface area contributed by atoms with Crippen LogP contribution in [0.5, 0.6) is 0 Å². The van der Waals surface area contributed by atoms with Crippen molar-refractivity contribution in [3.8, 4) is 0 Å². The number of hydrogen-bond acceptors (Lipinski definition) is 3. The standard InChI is InChI=1S/C19H17FN2O2/c20-14-6-7-17-15(10-14)16(11-21-17)19-18(8-9-22(19)23)24-12-13-4-2-1-3-5-13/h1-11,18-19,21,23H,12H2. The maximum atomic E-state index is 13.6. The summed E-state index contributed by atoms with van der Waals surface area (Å²) in [5.74, 6) is -0.305. The average Bonchev–Trinajstić information content (AvgIpc) is 3.16. The monoisotopic (exact) mass is 324 g/mol. The number of rotatable bonds is 4. The fourth-order valence-electron chi connectivity index (χ4n) is 3.11. The number of H-pyrrole nitrogens is 1. The molecule has 122 valence electrons. The van der Waals surface area contributed by atoms with E-state index in [9.17, 15) is 9.60 Å². The van der Waals surface area contributed by atoms with Gasteiger partial charge in [0.2, 0.25) is 0 Å². The predicted molar refractivity (Wildman–Crippen MR) is 88.8 cm³/mol. The Bertz CT molecular complexity index is 875. The fourth-order valence-corrected chi connectivity index (χ4v) is 3.11. The zero-order valence-corrected chi connectivity index (χ0v) is 12.9. The number of aromatic nitrogens is 1. The number of nitrogens with zero attached hydrogens (tertiary/aromatic N) is 1. The van der Waals surface area contributed by atoms with Crippen LogP contribution in [0.1, 0.15) is 17.2 Å².